The summed E-state index contributed by atoms with van der Waals surface area (Å²) in [7, 11) is 0. The van der Waals surface area contributed by atoms with Gasteiger partial charge < -0.3 is 5.32 Å². The molecule has 1 aliphatic rings. The van der Waals surface area contributed by atoms with Crippen molar-refractivity contribution < 1.29 is 4.79 Å². The molecular weight excluding hydrogens is 314 g/mol. The van der Waals surface area contributed by atoms with Gasteiger partial charge in [0.1, 0.15) is 0 Å². The quantitative estimate of drug-likeness (QED) is 0.842. The predicted molar refractivity (Wildman–Crippen MR) is 77.9 cm³/mol. The van der Waals surface area contributed by atoms with Crippen molar-refractivity contribution in [1.82, 2.24) is 5.32 Å². The normalized spacial score (nSPS) is 23.7. The number of amides is 1. The smallest absolute Gasteiger partial charge is 0.224 e. The van der Waals surface area contributed by atoms with Gasteiger partial charge in [-0.1, -0.05) is 40.9 Å². The number of hydrogen-bond donors (Lipinski definition) is 1. The van der Waals surface area contributed by atoms with Crippen LogP contribution in [0.1, 0.15) is 31.2 Å². The van der Waals surface area contributed by atoms with E-state index < -0.39 is 0 Å². The van der Waals surface area contributed by atoms with E-state index in [4.69, 9.17) is 11.6 Å². The van der Waals surface area contributed by atoms with Crippen LogP contribution in [-0.4, -0.2) is 17.3 Å². The van der Waals surface area contributed by atoms with Crippen LogP contribution in [0.2, 0.25) is 0 Å². The van der Waals surface area contributed by atoms with Gasteiger partial charge in [-0.25, -0.2) is 0 Å². The number of alkyl halides is 1. The van der Waals surface area contributed by atoms with Crippen LogP contribution < -0.4 is 5.32 Å². The van der Waals surface area contributed by atoms with Crippen LogP contribution in [0.3, 0.4) is 0 Å². The lowest BCUT2D eigenvalue weighted by Gasteiger charge is -2.27. The van der Waals surface area contributed by atoms with Gasteiger partial charge in [0.2, 0.25) is 5.91 Å². The Hall–Kier alpha value is -0.540. The molecule has 0 aromatic heterocycles. The van der Waals surface area contributed by atoms with Crippen LogP contribution in [0, 0.1) is 0 Å². The van der Waals surface area contributed by atoms with Crippen LogP contribution >= 0.6 is 27.5 Å². The van der Waals surface area contributed by atoms with Crippen LogP contribution in [0.4, 0.5) is 0 Å². The van der Waals surface area contributed by atoms with Crippen molar-refractivity contribution in [1.29, 1.82) is 0 Å². The van der Waals surface area contributed by atoms with E-state index >= 15 is 0 Å². The second kappa shape index (κ2) is 6.58. The van der Waals surface area contributed by atoms with E-state index in [0.717, 1.165) is 29.3 Å². The van der Waals surface area contributed by atoms with Crippen molar-refractivity contribution in [3.05, 3.63) is 34.3 Å². The van der Waals surface area contributed by atoms with Gasteiger partial charge in [0.25, 0.3) is 0 Å². The molecule has 0 radical (unpaired) electrons. The zero-order valence-corrected chi connectivity index (χ0v) is 12.5. The molecule has 1 fully saturated rings. The highest BCUT2D eigenvalue weighted by Crippen LogP contribution is 2.23. The van der Waals surface area contributed by atoms with Gasteiger partial charge >= 0.3 is 0 Å². The van der Waals surface area contributed by atoms with Gasteiger partial charge in [0.15, 0.2) is 0 Å². The first-order valence-electron chi connectivity index (χ1n) is 6.33. The Morgan fingerprint density at radius 1 is 1.28 bits per heavy atom. The Kier molecular flexibility index (Phi) is 5.07. The fourth-order valence-corrected chi connectivity index (χ4v) is 2.90. The van der Waals surface area contributed by atoms with Gasteiger partial charge in [-0.05, 0) is 30.5 Å². The molecule has 2 atom stereocenters. The highest BCUT2D eigenvalue weighted by atomic mass is 79.9. The van der Waals surface area contributed by atoms with Crippen molar-refractivity contribution in [3.8, 4) is 0 Å². The van der Waals surface area contributed by atoms with E-state index in [1.807, 2.05) is 24.3 Å². The minimum absolute atomic E-state index is 0.0647. The Balaban J connectivity index is 1.86. The summed E-state index contributed by atoms with van der Waals surface area (Å²) >= 11 is 9.61. The zero-order valence-electron chi connectivity index (χ0n) is 10.2. The van der Waals surface area contributed by atoms with Crippen LogP contribution in [-0.2, 0) is 11.2 Å². The molecule has 0 bridgehead atoms. The minimum Gasteiger partial charge on any atom is -0.352 e. The van der Waals surface area contributed by atoms with Gasteiger partial charge in [0.05, 0.1) is 11.8 Å². The molecule has 2 unspecified atom stereocenters. The van der Waals surface area contributed by atoms with Crippen molar-refractivity contribution in [2.75, 3.05) is 0 Å². The number of nitrogens with one attached hydrogen (secondary N) is 1. The van der Waals surface area contributed by atoms with Crippen LogP contribution in [0.25, 0.3) is 0 Å². The summed E-state index contributed by atoms with van der Waals surface area (Å²) in [6.45, 7) is 0. The maximum Gasteiger partial charge on any atom is 0.224 e. The van der Waals surface area contributed by atoms with Crippen molar-refractivity contribution in [3.63, 3.8) is 0 Å². The molecule has 1 aromatic carbocycles. The average Bonchev–Trinajstić information content (AvgIpc) is 2.35. The topological polar surface area (TPSA) is 29.1 Å². The molecule has 1 aromatic rings. The summed E-state index contributed by atoms with van der Waals surface area (Å²) in [5.41, 5.74) is 1.03. The van der Waals surface area contributed by atoms with E-state index in [1.165, 1.54) is 6.42 Å². The first-order chi connectivity index (χ1) is 8.65. The van der Waals surface area contributed by atoms with Crippen molar-refractivity contribution in [2.24, 2.45) is 0 Å². The van der Waals surface area contributed by atoms with Crippen LogP contribution in [0.5, 0.6) is 0 Å². The standard InChI is InChI=1S/C14H17BrClNO/c15-11-7-5-10(6-8-11)9-14(18)17-13-4-2-1-3-12(13)16/h5-8,12-13H,1-4,9H2,(H,17,18). The van der Waals surface area contributed by atoms with E-state index in [-0.39, 0.29) is 17.3 Å². The maximum atomic E-state index is 11.9. The number of carbonyl (C=O) groups excluding carboxylic acids is 1. The third-order valence-electron chi connectivity index (χ3n) is 3.31. The zero-order chi connectivity index (χ0) is 13.0. The summed E-state index contributed by atoms with van der Waals surface area (Å²) < 4.78 is 1.03. The number of carbonyl (C=O) groups is 1. The Labute approximate surface area is 121 Å². The molecule has 1 amide bonds. The first-order valence-corrected chi connectivity index (χ1v) is 7.56. The Morgan fingerprint density at radius 3 is 2.61 bits per heavy atom. The third kappa shape index (κ3) is 3.99. The largest absolute Gasteiger partial charge is 0.352 e. The number of rotatable bonds is 3. The second-order valence-corrected chi connectivity index (χ2v) is 6.25. The van der Waals surface area contributed by atoms with Gasteiger partial charge in [-0.3, -0.25) is 4.79 Å². The maximum absolute atomic E-state index is 11.9. The summed E-state index contributed by atoms with van der Waals surface area (Å²) in [5.74, 6) is 0.0647. The van der Waals surface area contributed by atoms with E-state index in [0.29, 0.717) is 6.42 Å². The molecule has 1 saturated carbocycles. The average molecular weight is 331 g/mol. The third-order valence-corrected chi connectivity index (χ3v) is 4.36. The SMILES string of the molecule is O=C(Cc1ccc(Br)cc1)NC1CCCCC1Cl. The fourth-order valence-electron chi connectivity index (χ4n) is 2.29. The van der Waals surface area contributed by atoms with E-state index in [9.17, 15) is 4.79 Å². The minimum atomic E-state index is 0.0647. The van der Waals surface area contributed by atoms with E-state index in [2.05, 4.69) is 21.2 Å². The van der Waals surface area contributed by atoms with Crippen molar-refractivity contribution >= 4 is 33.4 Å². The Morgan fingerprint density at radius 2 is 1.94 bits per heavy atom. The summed E-state index contributed by atoms with van der Waals surface area (Å²) in [4.78, 5) is 11.9. The van der Waals surface area contributed by atoms with Crippen LogP contribution in [0.15, 0.2) is 28.7 Å². The van der Waals surface area contributed by atoms with E-state index in [1.54, 1.807) is 0 Å². The number of benzene rings is 1. The molecular formula is C14H17BrClNO. The van der Waals surface area contributed by atoms with Gasteiger partial charge in [-0.2, -0.15) is 0 Å². The summed E-state index contributed by atoms with van der Waals surface area (Å²) in [6, 6.07) is 7.97. The molecule has 18 heavy (non-hydrogen) atoms. The summed E-state index contributed by atoms with van der Waals surface area (Å²) in [6.07, 6.45) is 4.76. The molecule has 98 valence electrons. The molecule has 1 N–H and O–H groups in total. The molecule has 2 nitrogen and oxygen atoms in total. The highest BCUT2D eigenvalue weighted by molar-refractivity contribution is 9.10. The van der Waals surface area contributed by atoms with Gasteiger partial charge in [-0.15, -0.1) is 11.6 Å². The lowest BCUT2D eigenvalue weighted by molar-refractivity contribution is -0.121. The fraction of sp³-hybridized carbons (Fsp3) is 0.500. The molecule has 0 saturated heterocycles. The molecule has 0 aliphatic heterocycles. The van der Waals surface area contributed by atoms with Gasteiger partial charge in [0, 0.05) is 10.5 Å². The molecule has 1 aliphatic carbocycles. The monoisotopic (exact) mass is 329 g/mol. The molecule has 2 rings (SSSR count). The predicted octanol–water partition coefficient (Wildman–Crippen LogP) is 3.66. The van der Waals surface area contributed by atoms with Crippen molar-refractivity contribution in [2.45, 2.75) is 43.5 Å². The molecule has 0 spiro atoms. The molecule has 0 heterocycles. The lowest BCUT2D eigenvalue weighted by Crippen LogP contribution is -2.43. The first kappa shape index (κ1) is 13.9. The Bertz CT molecular complexity index is 407. The molecule has 4 heteroatoms. The number of halogens is 2. The second-order valence-electron chi connectivity index (χ2n) is 4.78. The lowest BCUT2D eigenvalue weighted by atomic mass is 9.94. The number of hydrogen-bond acceptors (Lipinski definition) is 1. The highest BCUT2D eigenvalue weighted by Gasteiger charge is 2.24. The summed E-state index contributed by atoms with van der Waals surface area (Å²) in [5, 5.41) is 3.14.